The molecule has 0 saturated carbocycles. The number of aromatic nitrogens is 2. The molecule has 2 N–H and O–H groups in total. The summed E-state index contributed by atoms with van der Waals surface area (Å²) in [6.07, 6.45) is 2.33. The Morgan fingerprint density at radius 2 is 2.35 bits per heavy atom. The zero-order valence-electron chi connectivity index (χ0n) is 9.55. The minimum absolute atomic E-state index is 0.0425. The van der Waals surface area contributed by atoms with Crippen LogP contribution in [0.5, 0.6) is 0 Å². The van der Waals surface area contributed by atoms with Crippen molar-refractivity contribution in [2.75, 3.05) is 33.4 Å². The molecule has 0 aromatic carbocycles. The van der Waals surface area contributed by atoms with Crippen LogP contribution in [0.4, 0.5) is 0 Å². The van der Waals surface area contributed by atoms with E-state index in [1.807, 2.05) is 0 Å². The number of carbonyl (C=O) groups is 1. The lowest BCUT2D eigenvalue weighted by atomic mass is 10.4. The maximum Gasteiger partial charge on any atom is 0.273 e. The molecule has 0 fully saturated rings. The summed E-state index contributed by atoms with van der Waals surface area (Å²) in [5.41, 5.74) is -0.176. The summed E-state index contributed by atoms with van der Waals surface area (Å²) in [4.78, 5) is 30.1. The maximum absolute atomic E-state index is 11.8. The van der Waals surface area contributed by atoms with Gasteiger partial charge in [-0.3, -0.25) is 9.59 Å². The van der Waals surface area contributed by atoms with Crippen molar-refractivity contribution >= 4 is 5.91 Å². The Morgan fingerprint density at radius 1 is 1.59 bits per heavy atom. The van der Waals surface area contributed by atoms with Crippen LogP contribution in [0.2, 0.25) is 0 Å². The summed E-state index contributed by atoms with van der Waals surface area (Å²) in [6.45, 7) is 0.934. The van der Waals surface area contributed by atoms with E-state index in [2.05, 4.69) is 9.97 Å². The molecule has 0 aliphatic heterocycles. The third kappa shape index (κ3) is 4.33. The second-order valence-corrected chi connectivity index (χ2v) is 3.36. The number of nitrogens with zero attached hydrogens (tertiary/aromatic N) is 2. The highest BCUT2D eigenvalue weighted by Gasteiger charge is 2.12. The monoisotopic (exact) mass is 241 g/mol. The van der Waals surface area contributed by atoms with Crippen LogP contribution >= 0.6 is 0 Å². The molecule has 0 saturated heterocycles. The molecular formula is C10H15N3O4. The van der Waals surface area contributed by atoms with Gasteiger partial charge in [-0.25, -0.2) is 4.98 Å². The Bertz CT molecular complexity index is 398. The molecule has 1 aromatic heterocycles. The number of nitrogens with one attached hydrogen (secondary N) is 1. The molecule has 7 heteroatoms. The summed E-state index contributed by atoms with van der Waals surface area (Å²) < 4.78 is 5.04. The fourth-order valence-corrected chi connectivity index (χ4v) is 1.12. The average Bonchev–Trinajstić information content (AvgIpc) is 2.34. The van der Waals surface area contributed by atoms with Crippen molar-refractivity contribution in [3.05, 3.63) is 28.4 Å². The molecule has 1 heterocycles. The second kappa shape index (κ2) is 6.77. The molecule has 17 heavy (non-hydrogen) atoms. The lowest BCUT2D eigenvalue weighted by Crippen LogP contribution is -2.31. The Morgan fingerprint density at radius 3 is 2.94 bits per heavy atom. The Balaban J connectivity index is 2.46. The molecule has 0 aliphatic rings. The summed E-state index contributed by atoms with van der Waals surface area (Å²) in [5.74, 6) is -0.297. The van der Waals surface area contributed by atoms with E-state index >= 15 is 0 Å². The largest absolute Gasteiger partial charge is 0.394 e. The van der Waals surface area contributed by atoms with E-state index in [9.17, 15) is 9.59 Å². The molecule has 0 spiro atoms. The Kier molecular flexibility index (Phi) is 5.31. The standard InChI is InChI=1S/C10H15N3O4/c1-13(2-4-17-5-3-14)10(16)8-6-12-9(15)7-11-8/h6-7,14H,2-5H2,1H3,(H,12,15). The number of carbonyl (C=O) groups excluding carboxylic acids is 1. The minimum Gasteiger partial charge on any atom is -0.394 e. The van der Waals surface area contributed by atoms with E-state index in [0.29, 0.717) is 13.2 Å². The second-order valence-electron chi connectivity index (χ2n) is 3.36. The summed E-state index contributed by atoms with van der Waals surface area (Å²) in [7, 11) is 1.61. The number of H-pyrrole nitrogens is 1. The van der Waals surface area contributed by atoms with Gasteiger partial charge in [0, 0.05) is 19.8 Å². The van der Waals surface area contributed by atoms with Crippen LogP contribution in [0.3, 0.4) is 0 Å². The third-order valence-electron chi connectivity index (χ3n) is 2.04. The molecule has 1 amide bonds. The van der Waals surface area contributed by atoms with E-state index in [0.717, 1.165) is 6.20 Å². The molecular weight excluding hydrogens is 226 g/mol. The van der Waals surface area contributed by atoms with Crippen LogP contribution in [0, 0.1) is 0 Å². The summed E-state index contributed by atoms with van der Waals surface area (Å²) in [6, 6.07) is 0. The number of aliphatic hydroxyl groups excluding tert-OH is 1. The van der Waals surface area contributed by atoms with E-state index in [-0.39, 0.29) is 30.4 Å². The molecule has 7 nitrogen and oxygen atoms in total. The van der Waals surface area contributed by atoms with Gasteiger partial charge in [-0.2, -0.15) is 0 Å². The van der Waals surface area contributed by atoms with Crippen LogP contribution in [-0.4, -0.2) is 59.3 Å². The van der Waals surface area contributed by atoms with Gasteiger partial charge < -0.3 is 19.7 Å². The highest BCUT2D eigenvalue weighted by molar-refractivity contribution is 5.91. The van der Waals surface area contributed by atoms with Gasteiger partial charge in [0.1, 0.15) is 5.69 Å². The fraction of sp³-hybridized carbons (Fsp3) is 0.500. The summed E-state index contributed by atoms with van der Waals surface area (Å²) in [5, 5.41) is 8.50. The summed E-state index contributed by atoms with van der Waals surface area (Å²) >= 11 is 0. The van der Waals surface area contributed by atoms with Crippen LogP contribution in [-0.2, 0) is 4.74 Å². The molecule has 1 rings (SSSR count). The smallest absolute Gasteiger partial charge is 0.273 e. The maximum atomic E-state index is 11.8. The number of rotatable bonds is 6. The van der Waals surface area contributed by atoms with Gasteiger partial charge in [0.25, 0.3) is 11.5 Å². The molecule has 0 bridgehead atoms. The predicted octanol–water partition coefficient (Wildman–Crippen LogP) is -1.15. The van der Waals surface area contributed by atoms with Crippen molar-refractivity contribution in [1.82, 2.24) is 14.9 Å². The molecule has 94 valence electrons. The topological polar surface area (TPSA) is 95.5 Å². The fourth-order valence-electron chi connectivity index (χ4n) is 1.12. The van der Waals surface area contributed by atoms with Gasteiger partial charge in [0.15, 0.2) is 0 Å². The number of amides is 1. The van der Waals surface area contributed by atoms with Crippen LogP contribution < -0.4 is 5.56 Å². The van der Waals surface area contributed by atoms with Crippen molar-refractivity contribution < 1.29 is 14.6 Å². The van der Waals surface area contributed by atoms with Gasteiger partial charge in [0.05, 0.1) is 26.0 Å². The first kappa shape index (κ1) is 13.3. The predicted molar refractivity (Wildman–Crippen MR) is 59.7 cm³/mol. The first-order chi connectivity index (χ1) is 8.15. The molecule has 1 aromatic rings. The van der Waals surface area contributed by atoms with Crippen molar-refractivity contribution in [1.29, 1.82) is 0 Å². The number of ether oxygens (including phenoxy) is 1. The van der Waals surface area contributed by atoms with Gasteiger partial charge >= 0.3 is 0 Å². The average molecular weight is 241 g/mol. The van der Waals surface area contributed by atoms with Gasteiger partial charge in [-0.15, -0.1) is 0 Å². The van der Waals surface area contributed by atoms with Crippen LogP contribution in [0.15, 0.2) is 17.2 Å². The quantitative estimate of drug-likeness (QED) is 0.613. The Labute approximate surface area is 98.1 Å². The lowest BCUT2D eigenvalue weighted by Gasteiger charge is -2.16. The third-order valence-corrected chi connectivity index (χ3v) is 2.04. The van der Waals surface area contributed by atoms with E-state index in [1.165, 1.54) is 11.1 Å². The first-order valence-electron chi connectivity index (χ1n) is 5.14. The highest BCUT2D eigenvalue weighted by atomic mass is 16.5. The van der Waals surface area contributed by atoms with Crippen LogP contribution in [0.1, 0.15) is 10.5 Å². The van der Waals surface area contributed by atoms with Crippen molar-refractivity contribution in [2.24, 2.45) is 0 Å². The number of aliphatic hydroxyl groups is 1. The lowest BCUT2D eigenvalue weighted by molar-refractivity contribution is 0.0614. The molecule has 0 unspecified atom stereocenters. The molecule has 0 radical (unpaired) electrons. The van der Waals surface area contributed by atoms with Gasteiger partial charge in [0.2, 0.25) is 0 Å². The Hall–Kier alpha value is -1.73. The number of hydrogen-bond donors (Lipinski definition) is 2. The zero-order chi connectivity index (χ0) is 12.7. The van der Waals surface area contributed by atoms with Crippen LogP contribution in [0.25, 0.3) is 0 Å². The first-order valence-corrected chi connectivity index (χ1v) is 5.14. The van der Waals surface area contributed by atoms with E-state index < -0.39 is 0 Å². The normalized spacial score (nSPS) is 10.2. The molecule has 0 aliphatic carbocycles. The number of aromatic amines is 1. The molecule has 0 atom stereocenters. The van der Waals surface area contributed by atoms with Gasteiger partial charge in [-0.1, -0.05) is 0 Å². The van der Waals surface area contributed by atoms with Gasteiger partial charge in [-0.05, 0) is 0 Å². The number of hydrogen-bond acceptors (Lipinski definition) is 5. The zero-order valence-corrected chi connectivity index (χ0v) is 9.55. The highest BCUT2D eigenvalue weighted by Crippen LogP contribution is 1.95. The number of likely N-dealkylation sites (N-methyl/N-ethyl adjacent to an activating group) is 1. The van der Waals surface area contributed by atoms with Crippen molar-refractivity contribution in [3.63, 3.8) is 0 Å². The van der Waals surface area contributed by atoms with E-state index in [1.54, 1.807) is 7.05 Å². The van der Waals surface area contributed by atoms with Crippen molar-refractivity contribution in [3.8, 4) is 0 Å². The van der Waals surface area contributed by atoms with Crippen molar-refractivity contribution in [2.45, 2.75) is 0 Å². The SMILES string of the molecule is CN(CCOCCO)C(=O)c1c[nH]c(=O)cn1. The minimum atomic E-state index is -0.351. The van der Waals surface area contributed by atoms with E-state index in [4.69, 9.17) is 9.84 Å².